The molecule has 0 aliphatic heterocycles. The second kappa shape index (κ2) is 15.5. The summed E-state index contributed by atoms with van der Waals surface area (Å²) in [7, 11) is 1.62. The van der Waals surface area contributed by atoms with Gasteiger partial charge in [0.2, 0.25) is 11.8 Å². The average molecular weight is 510 g/mol. The van der Waals surface area contributed by atoms with Crippen LogP contribution < -0.4 is 15.8 Å². The maximum Gasteiger partial charge on any atom is 0.247 e. The van der Waals surface area contributed by atoms with Gasteiger partial charge in [-0.1, -0.05) is 30.4 Å². The molecule has 1 amide bonds. The normalized spacial score (nSPS) is 11.6. The van der Waals surface area contributed by atoms with Gasteiger partial charge in [0.25, 0.3) is 0 Å². The van der Waals surface area contributed by atoms with Gasteiger partial charge in [0.1, 0.15) is 12.6 Å². The first-order chi connectivity index (χ1) is 16.5. The zero-order chi connectivity index (χ0) is 24.8. The number of amides is 1. The number of carbonyl (C=O) groups is 1. The van der Waals surface area contributed by atoms with Crippen molar-refractivity contribution in [2.75, 3.05) is 44.6 Å². The van der Waals surface area contributed by atoms with Gasteiger partial charge in [0.05, 0.1) is 12.8 Å². The van der Waals surface area contributed by atoms with Crippen LogP contribution in [0.25, 0.3) is 10.5 Å². The first-order valence-corrected chi connectivity index (χ1v) is 12.6. The van der Waals surface area contributed by atoms with E-state index in [-0.39, 0.29) is 25.7 Å². The number of carbonyl (C=O) groups excluding carboxylic acids is 1. The summed E-state index contributed by atoms with van der Waals surface area (Å²) in [5.74, 6) is 0.990. The quantitative estimate of drug-likeness (QED) is 0.212. The molecular weight excluding hydrogens is 478 g/mol. The van der Waals surface area contributed by atoms with Crippen molar-refractivity contribution >= 4 is 44.6 Å². The minimum Gasteiger partial charge on any atom is -0.474 e. The van der Waals surface area contributed by atoms with Gasteiger partial charge in [-0.2, -0.15) is 9.97 Å². The summed E-state index contributed by atoms with van der Waals surface area (Å²) in [6.45, 7) is 3.05. The van der Waals surface area contributed by atoms with E-state index in [4.69, 9.17) is 20.7 Å². The predicted octanol–water partition coefficient (Wildman–Crippen LogP) is 2.61. The maximum atomic E-state index is 12.5. The number of benzene rings is 1. The summed E-state index contributed by atoms with van der Waals surface area (Å²) in [5, 5.41) is 20.0. The van der Waals surface area contributed by atoms with Crippen molar-refractivity contribution in [1.29, 1.82) is 0 Å². The molecule has 1 aromatic carbocycles. The van der Waals surface area contributed by atoms with Crippen molar-refractivity contribution in [3.8, 4) is 5.88 Å². The van der Waals surface area contributed by atoms with E-state index in [9.17, 15) is 4.79 Å². The summed E-state index contributed by atoms with van der Waals surface area (Å²) < 4.78 is 9.85. The fourth-order valence-corrected chi connectivity index (χ4v) is 4.07. The number of rotatable bonds is 12. The molecule has 0 aliphatic rings. The predicted molar refractivity (Wildman–Crippen MR) is 134 cm³/mol. The van der Waals surface area contributed by atoms with Crippen molar-refractivity contribution in [3.05, 3.63) is 36.0 Å². The molecule has 0 radical (unpaired) electrons. The molecule has 1 atom stereocenters. The smallest absolute Gasteiger partial charge is 0.247 e. The molecular formula is C22H31N5O5S2. The van der Waals surface area contributed by atoms with E-state index in [1.807, 2.05) is 24.3 Å². The lowest BCUT2D eigenvalue weighted by Crippen LogP contribution is -2.27. The Bertz CT molecular complexity index is 999. The van der Waals surface area contributed by atoms with Crippen molar-refractivity contribution in [2.45, 2.75) is 30.7 Å². The van der Waals surface area contributed by atoms with Gasteiger partial charge < -0.3 is 30.7 Å². The van der Waals surface area contributed by atoms with Gasteiger partial charge in [0, 0.05) is 25.2 Å². The molecule has 34 heavy (non-hydrogen) atoms. The number of aromatic nitrogens is 3. The van der Waals surface area contributed by atoms with Crippen LogP contribution in [0.2, 0.25) is 0 Å². The number of anilines is 1. The summed E-state index contributed by atoms with van der Waals surface area (Å²) >= 11 is 2.95. The number of ether oxygens (including phenoxy) is 2. The Morgan fingerprint density at radius 3 is 2.59 bits per heavy atom. The Kier molecular flexibility index (Phi) is 12.7. The third kappa shape index (κ3) is 9.12. The number of methoxy groups -OCH3 is 1. The zero-order valence-electron chi connectivity index (χ0n) is 19.3. The number of thiazole rings is 1. The Labute approximate surface area is 206 Å². The van der Waals surface area contributed by atoms with Gasteiger partial charge in [-0.3, -0.25) is 4.79 Å². The molecule has 0 saturated heterocycles. The monoisotopic (exact) mass is 509 g/mol. The van der Waals surface area contributed by atoms with Gasteiger partial charge >= 0.3 is 0 Å². The largest absolute Gasteiger partial charge is 0.474 e. The standard InChI is InChI=1S/C18H21N5O3S2.C4H10O2/c1-2-9-27-12-5-3-11(4-6-12)14(19)16(25)23-18-22-15-17(28-18)21-13(10-20-15)26-8-7-24;1-6-4-2-3-5/h3-6,10,14,24H,2,7-9,19H2,1H3,(H,20,22,23,25);5H,2-4H2,1H3. The van der Waals surface area contributed by atoms with Crippen LogP contribution >= 0.6 is 23.1 Å². The van der Waals surface area contributed by atoms with E-state index in [0.29, 0.717) is 28.1 Å². The van der Waals surface area contributed by atoms with E-state index in [2.05, 4.69) is 31.9 Å². The molecule has 3 rings (SSSR count). The lowest BCUT2D eigenvalue weighted by molar-refractivity contribution is -0.117. The lowest BCUT2D eigenvalue weighted by atomic mass is 10.1. The van der Waals surface area contributed by atoms with E-state index < -0.39 is 6.04 Å². The molecule has 5 N–H and O–H groups in total. The highest BCUT2D eigenvalue weighted by molar-refractivity contribution is 7.99. The van der Waals surface area contributed by atoms with Gasteiger partial charge in [-0.25, -0.2) is 4.98 Å². The van der Waals surface area contributed by atoms with E-state index >= 15 is 0 Å². The number of hydrogen-bond donors (Lipinski definition) is 4. The molecule has 0 saturated carbocycles. The third-order valence-electron chi connectivity index (χ3n) is 4.17. The first kappa shape index (κ1) is 27.9. The molecule has 0 fully saturated rings. The molecule has 2 heterocycles. The van der Waals surface area contributed by atoms with Crippen LogP contribution in [0, 0.1) is 0 Å². The number of aliphatic hydroxyl groups is 2. The Morgan fingerprint density at radius 2 is 1.97 bits per heavy atom. The number of thioether (sulfide) groups is 1. The SMILES string of the molecule is CCCSc1ccc(C(N)C(=O)Nc2nc3ncc(OCCO)nc3s2)cc1.COCCCO. The van der Waals surface area contributed by atoms with Crippen LogP contribution in [0.4, 0.5) is 5.13 Å². The lowest BCUT2D eigenvalue weighted by Gasteiger charge is -2.11. The first-order valence-electron chi connectivity index (χ1n) is 10.8. The fraction of sp³-hybridized carbons (Fsp3) is 0.455. The molecule has 10 nitrogen and oxygen atoms in total. The van der Waals surface area contributed by atoms with Gasteiger partial charge in [-0.15, -0.1) is 11.8 Å². The van der Waals surface area contributed by atoms with E-state index in [1.165, 1.54) is 17.5 Å². The molecule has 0 spiro atoms. The molecule has 12 heteroatoms. The highest BCUT2D eigenvalue weighted by Crippen LogP contribution is 2.26. The van der Waals surface area contributed by atoms with Gasteiger partial charge in [-0.05, 0) is 36.3 Å². The number of nitrogens with one attached hydrogen (secondary N) is 1. The van der Waals surface area contributed by atoms with Crippen LogP contribution in [0.1, 0.15) is 31.4 Å². The Balaban J connectivity index is 0.000000604. The fourth-order valence-electron chi connectivity index (χ4n) is 2.51. The zero-order valence-corrected chi connectivity index (χ0v) is 20.9. The number of nitrogens with zero attached hydrogens (tertiary/aromatic N) is 3. The van der Waals surface area contributed by atoms with E-state index in [0.717, 1.165) is 29.1 Å². The second-order valence-corrected chi connectivity index (χ2v) is 9.03. The topological polar surface area (TPSA) is 153 Å². The molecule has 2 aromatic heterocycles. The van der Waals surface area contributed by atoms with Crippen LogP contribution in [-0.4, -0.2) is 70.4 Å². The minimum absolute atomic E-state index is 0.111. The van der Waals surface area contributed by atoms with Crippen molar-refractivity contribution in [3.63, 3.8) is 0 Å². The van der Waals surface area contributed by atoms with Crippen LogP contribution in [0.15, 0.2) is 35.4 Å². The third-order valence-corrected chi connectivity index (χ3v) is 6.25. The van der Waals surface area contributed by atoms with Crippen LogP contribution in [0.3, 0.4) is 0 Å². The highest BCUT2D eigenvalue weighted by Gasteiger charge is 2.18. The molecule has 0 bridgehead atoms. The number of fused-ring (bicyclic) bond motifs is 1. The van der Waals surface area contributed by atoms with Crippen molar-refractivity contribution in [2.24, 2.45) is 5.73 Å². The van der Waals surface area contributed by atoms with Crippen LogP contribution in [0.5, 0.6) is 5.88 Å². The summed E-state index contributed by atoms with van der Waals surface area (Å²) in [5.41, 5.74) is 7.23. The highest BCUT2D eigenvalue weighted by atomic mass is 32.2. The van der Waals surface area contributed by atoms with Gasteiger partial charge in [0.15, 0.2) is 15.6 Å². The molecule has 3 aromatic rings. The number of aliphatic hydroxyl groups excluding tert-OH is 2. The van der Waals surface area contributed by atoms with Crippen molar-refractivity contribution in [1.82, 2.24) is 15.0 Å². The summed E-state index contributed by atoms with van der Waals surface area (Å²) in [6.07, 6.45) is 3.28. The van der Waals surface area contributed by atoms with E-state index in [1.54, 1.807) is 18.9 Å². The van der Waals surface area contributed by atoms with Crippen LogP contribution in [-0.2, 0) is 9.53 Å². The van der Waals surface area contributed by atoms with Crippen molar-refractivity contribution < 1.29 is 24.5 Å². The molecule has 186 valence electrons. The molecule has 0 aliphatic carbocycles. The minimum atomic E-state index is -0.804. The maximum absolute atomic E-state index is 12.5. The Hall–Kier alpha value is -2.35. The second-order valence-electron chi connectivity index (χ2n) is 6.88. The average Bonchev–Trinajstić information content (AvgIpc) is 3.26. The Morgan fingerprint density at radius 1 is 1.21 bits per heavy atom. The number of hydrogen-bond acceptors (Lipinski definition) is 11. The summed E-state index contributed by atoms with van der Waals surface area (Å²) in [4.78, 5) is 26.8. The summed E-state index contributed by atoms with van der Waals surface area (Å²) in [6, 6.07) is 6.88. The molecule has 1 unspecified atom stereocenters. The number of nitrogens with two attached hydrogens (primary N) is 1.